The Hall–Kier alpha value is -2.56. The van der Waals surface area contributed by atoms with Crippen LogP contribution in [0, 0.1) is 5.82 Å². The molecule has 2 aromatic carbocycles. The van der Waals surface area contributed by atoms with Gasteiger partial charge in [0.15, 0.2) is 0 Å². The van der Waals surface area contributed by atoms with Crippen LogP contribution in [-0.2, 0) is 0 Å². The van der Waals surface area contributed by atoms with Crippen LogP contribution in [0.25, 0.3) is 0 Å². The van der Waals surface area contributed by atoms with E-state index in [0.29, 0.717) is 11.5 Å². The Balaban J connectivity index is 2.59. The lowest BCUT2D eigenvalue weighted by molar-refractivity contribution is 0.102. The highest BCUT2D eigenvalue weighted by molar-refractivity contribution is 6.12. The van der Waals surface area contributed by atoms with E-state index in [4.69, 9.17) is 14.2 Å². The maximum atomic E-state index is 14.0. The zero-order valence-corrected chi connectivity index (χ0v) is 12.0. The van der Waals surface area contributed by atoms with Gasteiger partial charge < -0.3 is 14.2 Å². The number of hydrogen-bond donors (Lipinski definition) is 0. The summed E-state index contributed by atoms with van der Waals surface area (Å²) in [7, 11) is 4.31. The lowest BCUT2D eigenvalue weighted by Gasteiger charge is -2.12. The van der Waals surface area contributed by atoms with Crippen LogP contribution in [-0.4, -0.2) is 27.1 Å². The monoisotopic (exact) mass is 290 g/mol. The minimum Gasteiger partial charge on any atom is -0.497 e. The molecule has 0 aliphatic rings. The molecule has 0 aliphatic heterocycles. The Labute approximate surface area is 122 Å². The minimum absolute atomic E-state index is 0.133. The van der Waals surface area contributed by atoms with Gasteiger partial charge in [0.1, 0.15) is 28.6 Å². The van der Waals surface area contributed by atoms with Gasteiger partial charge in [-0.05, 0) is 30.3 Å². The van der Waals surface area contributed by atoms with E-state index in [-0.39, 0.29) is 16.9 Å². The van der Waals surface area contributed by atoms with Crippen LogP contribution in [0.2, 0.25) is 0 Å². The number of benzene rings is 2. The van der Waals surface area contributed by atoms with Gasteiger partial charge in [-0.1, -0.05) is 6.07 Å². The van der Waals surface area contributed by atoms with Crippen LogP contribution in [0.1, 0.15) is 15.9 Å². The summed E-state index contributed by atoms with van der Waals surface area (Å²) in [5, 5.41) is 0. The van der Waals surface area contributed by atoms with E-state index in [1.807, 2.05) is 0 Å². The number of hydrogen-bond acceptors (Lipinski definition) is 4. The smallest absolute Gasteiger partial charge is 0.203 e. The highest BCUT2D eigenvalue weighted by Gasteiger charge is 2.22. The molecule has 0 aromatic heterocycles. The molecule has 110 valence electrons. The van der Waals surface area contributed by atoms with Crippen molar-refractivity contribution >= 4 is 5.78 Å². The van der Waals surface area contributed by atoms with E-state index in [1.54, 1.807) is 12.1 Å². The Bertz CT molecular complexity index is 667. The highest BCUT2D eigenvalue weighted by atomic mass is 19.1. The van der Waals surface area contributed by atoms with Crippen molar-refractivity contribution in [2.45, 2.75) is 0 Å². The predicted molar refractivity (Wildman–Crippen MR) is 75.9 cm³/mol. The molecule has 0 aliphatic carbocycles. The summed E-state index contributed by atoms with van der Waals surface area (Å²) in [4.78, 5) is 12.6. The van der Waals surface area contributed by atoms with Gasteiger partial charge in [-0.3, -0.25) is 4.79 Å². The normalized spacial score (nSPS) is 10.1. The van der Waals surface area contributed by atoms with Gasteiger partial charge in [-0.25, -0.2) is 4.39 Å². The second-order valence-corrected chi connectivity index (χ2v) is 4.21. The first-order valence-electron chi connectivity index (χ1n) is 6.21. The molecule has 0 amide bonds. The van der Waals surface area contributed by atoms with E-state index >= 15 is 0 Å². The average molecular weight is 290 g/mol. The fourth-order valence-corrected chi connectivity index (χ4v) is 2.02. The molecular weight excluding hydrogens is 275 g/mol. The molecule has 0 unspecified atom stereocenters. The van der Waals surface area contributed by atoms with Crippen molar-refractivity contribution in [2.75, 3.05) is 21.3 Å². The zero-order valence-electron chi connectivity index (χ0n) is 12.0. The van der Waals surface area contributed by atoms with Crippen LogP contribution >= 0.6 is 0 Å². The van der Waals surface area contributed by atoms with Gasteiger partial charge in [0.2, 0.25) is 5.78 Å². The van der Waals surface area contributed by atoms with Crippen LogP contribution in [0.4, 0.5) is 4.39 Å². The van der Waals surface area contributed by atoms with Crippen LogP contribution < -0.4 is 14.2 Å². The highest BCUT2D eigenvalue weighted by Crippen LogP contribution is 2.30. The number of carbonyl (C=O) groups excluding carboxylic acids is 1. The van der Waals surface area contributed by atoms with E-state index in [9.17, 15) is 9.18 Å². The van der Waals surface area contributed by atoms with Crippen LogP contribution in [0.3, 0.4) is 0 Å². The molecule has 0 fully saturated rings. The summed E-state index contributed by atoms with van der Waals surface area (Å²) in [5.74, 6) is -0.185. The summed E-state index contributed by atoms with van der Waals surface area (Å²) in [6, 6.07) is 8.99. The Morgan fingerprint density at radius 2 is 1.67 bits per heavy atom. The first kappa shape index (κ1) is 14.8. The quantitative estimate of drug-likeness (QED) is 0.794. The minimum atomic E-state index is -0.649. The Kier molecular flexibility index (Phi) is 4.42. The maximum Gasteiger partial charge on any atom is 0.203 e. The van der Waals surface area contributed by atoms with Crippen molar-refractivity contribution in [3.63, 3.8) is 0 Å². The third kappa shape index (κ3) is 2.81. The van der Waals surface area contributed by atoms with Gasteiger partial charge in [0, 0.05) is 0 Å². The molecule has 0 bridgehead atoms. The molecule has 0 heterocycles. The van der Waals surface area contributed by atoms with Crippen molar-refractivity contribution in [2.24, 2.45) is 0 Å². The van der Waals surface area contributed by atoms with E-state index < -0.39 is 11.6 Å². The third-order valence-electron chi connectivity index (χ3n) is 3.07. The van der Waals surface area contributed by atoms with Crippen molar-refractivity contribution in [1.29, 1.82) is 0 Å². The molecular formula is C16H15FO4. The van der Waals surface area contributed by atoms with E-state index in [0.717, 1.165) is 0 Å². The molecule has 21 heavy (non-hydrogen) atoms. The number of ketones is 1. The number of carbonyl (C=O) groups is 1. The van der Waals surface area contributed by atoms with E-state index in [2.05, 4.69) is 0 Å². The molecule has 2 aromatic rings. The van der Waals surface area contributed by atoms with Gasteiger partial charge in [0.25, 0.3) is 0 Å². The third-order valence-corrected chi connectivity index (χ3v) is 3.07. The number of halogens is 1. The second kappa shape index (κ2) is 6.26. The van der Waals surface area contributed by atoms with Crippen molar-refractivity contribution in [1.82, 2.24) is 0 Å². The summed E-state index contributed by atoms with van der Waals surface area (Å²) in [5.41, 5.74) is 0.0757. The average Bonchev–Trinajstić information content (AvgIpc) is 2.53. The number of ether oxygens (including phenoxy) is 3. The molecule has 0 saturated heterocycles. The molecule has 0 atom stereocenters. The van der Waals surface area contributed by atoms with Crippen molar-refractivity contribution < 1.29 is 23.4 Å². The maximum absolute atomic E-state index is 14.0. The zero-order chi connectivity index (χ0) is 15.4. The summed E-state index contributed by atoms with van der Waals surface area (Å²) in [6.45, 7) is 0. The van der Waals surface area contributed by atoms with Crippen molar-refractivity contribution in [3.8, 4) is 17.2 Å². The molecule has 5 heteroatoms. The number of rotatable bonds is 5. The fraction of sp³-hybridized carbons (Fsp3) is 0.188. The molecule has 0 saturated carbocycles. The molecule has 2 rings (SSSR count). The standard InChI is InChI=1S/C16H15FO4/c1-19-10-7-8-13(20-2)11(9-10)16(18)15-12(17)5-4-6-14(15)21-3/h4-9H,1-3H3. The van der Waals surface area contributed by atoms with Gasteiger partial charge in [-0.2, -0.15) is 0 Å². The van der Waals surface area contributed by atoms with Gasteiger partial charge >= 0.3 is 0 Å². The largest absolute Gasteiger partial charge is 0.497 e. The lowest BCUT2D eigenvalue weighted by atomic mass is 10.0. The summed E-state index contributed by atoms with van der Waals surface area (Å²) < 4.78 is 29.3. The van der Waals surface area contributed by atoms with E-state index in [1.165, 1.54) is 45.6 Å². The molecule has 0 N–H and O–H groups in total. The lowest BCUT2D eigenvalue weighted by Crippen LogP contribution is -2.09. The molecule has 0 spiro atoms. The molecule has 4 nitrogen and oxygen atoms in total. The van der Waals surface area contributed by atoms with Crippen LogP contribution in [0.5, 0.6) is 17.2 Å². The van der Waals surface area contributed by atoms with Gasteiger partial charge in [0.05, 0.1) is 26.9 Å². The molecule has 0 radical (unpaired) electrons. The SMILES string of the molecule is COc1ccc(OC)c(C(=O)c2c(F)cccc2OC)c1. The Morgan fingerprint density at radius 3 is 2.29 bits per heavy atom. The first-order chi connectivity index (χ1) is 10.1. The summed E-state index contributed by atoms with van der Waals surface area (Å²) >= 11 is 0. The van der Waals surface area contributed by atoms with Crippen LogP contribution in [0.15, 0.2) is 36.4 Å². The Morgan fingerprint density at radius 1 is 0.952 bits per heavy atom. The fourth-order valence-electron chi connectivity index (χ4n) is 2.02. The van der Waals surface area contributed by atoms with Crippen molar-refractivity contribution in [3.05, 3.63) is 53.3 Å². The second-order valence-electron chi connectivity index (χ2n) is 4.21. The topological polar surface area (TPSA) is 44.8 Å². The summed E-state index contributed by atoms with van der Waals surface area (Å²) in [6.07, 6.45) is 0. The van der Waals surface area contributed by atoms with Gasteiger partial charge in [-0.15, -0.1) is 0 Å². The predicted octanol–water partition coefficient (Wildman–Crippen LogP) is 3.08. The first-order valence-corrected chi connectivity index (χ1v) is 6.21. The number of methoxy groups -OCH3 is 3.